The highest BCUT2D eigenvalue weighted by molar-refractivity contribution is 6.45. The molecule has 8 nitrogen and oxygen atoms in total. The molecule has 3 aromatic rings. The summed E-state index contributed by atoms with van der Waals surface area (Å²) in [6.45, 7) is 0. The third kappa shape index (κ3) is 3.07. The van der Waals surface area contributed by atoms with Crippen molar-refractivity contribution in [2.45, 2.75) is 0 Å². The molecular weight excluding hydrogens is 318 g/mol. The molecule has 0 bridgehead atoms. The standard InChI is InChI=1S/C17H13N7O/c18-9-14(16(19)20)23-22-12-6-2-1-5-11(12)17(25)24-10-21-13-7-3-4-8-15(13)24/h1-8,10,22H,(H3,19,20)/b23-14+. The van der Waals surface area contributed by atoms with Gasteiger partial charge in [0.15, 0.2) is 5.84 Å². The van der Waals surface area contributed by atoms with E-state index in [0.29, 0.717) is 22.3 Å². The first kappa shape index (κ1) is 15.9. The molecule has 0 aliphatic rings. The molecule has 0 atom stereocenters. The van der Waals surface area contributed by atoms with Gasteiger partial charge >= 0.3 is 0 Å². The number of hydrogen-bond donors (Lipinski definition) is 3. The van der Waals surface area contributed by atoms with E-state index >= 15 is 0 Å². The topological polar surface area (TPSA) is 133 Å². The summed E-state index contributed by atoms with van der Waals surface area (Å²) in [6, 6.07) is 15.7. The second-order valence-corrected chi connectivity index (χ2v) is 5.05. The van der Waals surface area contributed by atoms with Crippen molar-refractivity contribution in [3.8, 4) is 6.07 Å². The summed E-state index contributed by atoms with van der Waals surface area (Å²) in [7, 11) is 0. The van der Waals surface area contributed by atoms with Crippen LogP contribution in [0.3, 0.4) is 0 Å². The van der Waals surface area contributed by atoms with E-state index < -0.39 is 5.84 Å². The fraction of sp³-hybridized carbons (Fsp3) is 0. The predicted octanol–water partition coefficient (Wildman–Crippen LogP) is 1.95. The molecular formula is C17H13N7O. The Morgan fingerprint density at radius 3 is 2.72 bits per heavy atom. The molecule has 8 heteroatoms. The first-order valence-corrected chi connectivity index (χ1v) is 7.26. The van der Waals surface area contributed by atoms with E-state index in [0.717, 1.165) is 0 Å². The zero-order chi connectivity index (χ0) is 17.8. The summed E-state index contributed by atoms with van der Waals surface area (Å²) in [6.07, 6.45) is 1.46. The molecule has 25 heavy (non-hydrogen) atoms. The van der Waals surface area contributed by atoms with Gasteiger partial charge in [0.25, 0.3) is 5.91 Å². The number of amidine groups is 1. The van der Waals surface area contributed by atoms with Gasteiger partial charge in [0.05, 0.1) is 22.3 Å². The number of nitriles is 1. The van der Waals surface area contributed by atoms with E-state index in [2.05, 4.69) is 15.5 Å². The lowest BCUT2D eigenvalue weighted by Gasteiger charge is -2.09. The Hall–Kier alpha value is -3.99. The molecule has 0 spiro atoms. The monoisotopic (exact) mass is 331 g/mol. The first-order valence-electron chi connectivity index (χ1n) is 7.26. The number of imidazole rings is 1. The Morgan fingerprint density at radius 1 is 1.24 bits per heavy atom. The lowest BCUT2D eigenvalue weighted by atomic mass is 10.1. The number of carbonyl (C=O) groups is 1. The smallest absolute Gasteiger partial charge is 0.265 e. The predicted molar refractivity (Wildman–Crippen MR) is 94.5 cm³/mol. The molecule has 4 N–H and O–H groups in total. The van der Waals surface area contributed by atoms with Gasteiger partial charge in [-0.3, -0.25) is 20.2 Å². The number of hydrogen-bond acceptors (Lipinski definition) is 6. The molecule has 0 amide bonds. The Labute approximate surface area is 142 Å². The summed E-state index contributed by atoms with van der Waals surface area (Å²) < 4.78 is 1.44. The van der Waals surface area contributed by atoms with E-state index in [9.17, 15) is 4.79 Å². The number of nitrogens with two attached hydrogens (primary N) is 1. The second-order valence-electron chi connectivity index (χ2n) is 5.05. The van der Waals surface area contributed by atoms with Crippen LogP contribution in [0.15, 0.2) is 60.0 Å². The number of para-hydroxylation sites is 3. The number of anilines is 1. The average Bonchev–Trinajstić information content (AvgIpc) is 3.06. The molecule has 0 radical (unpaired) electrons. The fourth-order valence-corrected chi connectivity index (χ4v) is 2.28. The minimum absolute atomic E-state index is 0.268. The van der Waals surface area contributed by atoms with E-state index in [1.165, 1.54) is 10.9 Å². The normalized spacial score (nSPS) is 11.1. The van der Waals surface area contributed by atoms with Gasteiger partial charge in [-0.15, -0.1) is 0 Å². The van der Waals surface area contributed by atoms with Crippen LogP contribution in [0, 0.1) is 16.7 Å². The van der Waals surface area contributed by atoms with Crippen molar-refractivity contribution in [1.29, 1.82) is 10.7 Å². The largest absolute Gasteiger partial charge is 0.382 e. The minimum atomic E-state index is -0.459. The maximum absolute atomic E-state index is 12.9. The molecule has 0 unspecified atom stereocenters. The highest BCUT2D eigenvalue weighted by Gasteiger charge is 2.15. The van der Waals surface area contributed by atoms with Crippen LogP contribution >= 0.6 is 0 Å². The maximum atomic E-state index is 12.9. The van der Waals surface area contributed by atoms with Gasteiger partial charge in [0.2, 0.25) is 5.71 Å². The number of aromatic nitrogens is 2. The summed E-state index contributed by atoms with van der Waals surface area (Å²) >= 11 is 0. The van der Waals surface area contributed by atoms with Gasteiger partial charge in [-0.05, 0) is 24.3 Å². The average molecular weight is 331 g/mol. The molecule has 0 aliphatic heterocycles. The van der Waals surface area contributed by atoms with E-state index in [1.54, 1.807) is 36.4 Å². The van der Waals surface area contributed by atoms with Crippen LogP contribution < -0.4 is 11.2 Å². The van der Waals surface area contributed by atoms with Crippen LogP contribution in [-0.2, 0) is 0 Å². The molecule has 2 aromatic carbocycles. The van der Waals surface area contributed by atoms with Crippen molar-refractivity contribution >= 4 is 34.2 Å². The third-order valence-electron chi connectivity index (χ3n) is 3.48. The van der Waals surface area contributed by atoms with Crippen molar-refractivity contribution in [3.63, 3.8) is 0 Å². The van der Waals surface area contributed by atoms with E-state index in [4.69, 9.17) is 16.4 Å². The summed E-state index contributed by atoms with van der Waals surface area (Å²) in [4.78, 5) is 17.1. The highest BCUT2D eigenvalue weighted by atomic mass is 16.2. The molecule has 0 saturated heterocycles. The Bertz CT molecular complexity index is 1040. The Morgan fingerprint density at radius 2 is 1.96 bits per heavy atom. The molecule has 1 aromatic heterocycles. The zero-order valence-electron chi connectivity index (χ0n) is 13.0. The van der Waals surface area contributed by atoms with Gasteiger partial charge in [-0.2, -0.15) is 10.4 Å². The molecule has 3 rings (SSSR count). The lowest BCUT2D eigenvalue weighted by molar-refractivity contribution is 0.0965. The summed E-state index contributed by atoms with van der Waals surface area (Å²) in [5, 5.41) is 19.9. The van der Waals surface area contributed by atoms with Crippen molar-refractivity contribution in [1.82, 2.24) is 9.55 Å². The van der Waals surface area contributed by atoms with Crippen molar-refractivity contribution in [2.75, 3.05) is 5.43 Å². The summed E-state index contributed by atoms with van der Waals surface area (Å²) in [5.74, 6) is -0.757. The Balaban J connectivity index is 2.00. The second kappa shape index (κ2) is 6.64. The van der Waals surface area contributed by atoms with Crippen LogP contribution in [0.4, 0.5) is 5.69 Å². The highest BCUT2D eigenvalue weighted by Crippen LogP contribution is 2.20. The maximum Gasteiger partial charge on any atom is 0.265 e. The van der Waals surface area contributed by atoms with Crippen LogP contribution in [0.2, 0.25) is 0 Å². The molecule has 1 heterocycles. The quantitative estimate of drug-likeness (QED) is 0.382. The van der Waals surface area contributed by atoms with Crippen molar-refractivity contribution < 1.29 is 4.79 Å². The van der Waals surface area contributed by atoms with Crippen molar-refractivity contribution in [3.05, 3.63) is 60.4 Å². The number of nitrogens with one attached hydrogen (secondary N) is 2. The number of benzene rings is 2. The SMILES string of the molecule is N#C/C(=N\Nc1ccccc1C(=O)n1cnc2ccccc21)C(=N)N. The summed E-state index contributed by atoms with van der Waals surface area (Å²) in [5.41, 5.74) is 9.75. The number of rotatable bonds is 4. The molecule has 0 saturated carbocycles. The van der Waals surface area contributed by atoms with Crippen LogP contribution in [0.1, 0.15) is 10.4 Å². The van der Waals surface area contributed by atoms with E-state index in [-0.39, 0.29) is 11.6 Å². The number of carbonyl (C=O) groups excluding carboxylic acids is 1. The number of fused-ring (bicyclic) bond motifs is 1. The van der Waals surface area contributed by atoms with Crippen LogP contribution in [0.5, 0.6) is 0 Å². The number of hydrazone groups is 1. The van der Waals surface area contributed by atoms with Crippen LogP contribution in [-0.4, -0.2) is 27.0 Å². The fourth-order valence-electron chi connectivity index (χ4n) is 2.28. The van der Waals surface area contributed by atoms with Gasteiger partial charge in [-0.25, -0.2) is 4.98 Å². The van der Waals surface area contributed by atoms with Crippen LogP contribution in [0.25, 0.3) is 11.0 Å². The van der Waals surface area contributed by atoms with Crippen molar-refractivity contribution in [2.24, 2.45) is 10.8 Å². The minimum Gasteiger partial charge on any atom is -0.382 e. The first-order chi connectivity index (χ1) is 12.1. The molecule has 0 fully saturated rings. The zero-order valence-corrected chi connectivity index (χ0v) is 13.0. The van der Waals surface area contributed by atoms with Gasteiger partial charge in [0, 0.05) is 0 Å². The van der Waals surface area contributed by atoms with Gasteiger partial charge < -0.3 is 5.73 Å². The molecule has 0 aliphatic carbocycles. The number of nitrogens with zero attached hydrogens (tertiary/aromatic N) is 4. The van der Waals surface area contributed by atoms with Gasteiger partial charge in [-0.1, -0.05) is 24.3 Å². The third-order valence-corrected chi connectivity index (χ3v) is 3.48. The molecule has 122 valence electrons. The van der Waals surface area contributed by atoms with Gasteiger partial charge in [0.1, 0.15) is 12.4 Å². The Kier molecular flexibility index (Phi) is 4.22. The lowest BCUT2D eigenvalue weighted by Crippen LogP contribution is -2.22. The van der Waals surface area contributed by atoms with E-state index in [1.807, 2.05) is 18.2 Å².